The van der Waals surface area contributed by atoms with Crippen LogP contribution in [0.5, 0.6) is 5.75 Å². The molecular weight excluding hydrogens is 362 g/mol. The second kappa shape index (κ2) is 10.3. The second-order valence-corrected chi connectivity index (χ2v) is 7.87. The molecule has 156 valence electrons. The van der Waals surface area contributed by atoms with Gasteiger partial charge in [0.25, 0.3) is 0 Å². The zero-order chi connectivity index (χ0) is 20.6. The Morgan fingerprint density at radius 2 is 1.66 bits per heavy atom. The lowest BCUT2D eigenvalue weighted by molar-refractivity contribution is -0.132. The molecule has 1 amide bonds. The van der Waals surface area contributed by atoms with Crippen LogP contribution < -0.4 is 9.64 Å². The van der Waals surface area contributed by atoms with E-state index in [1.807, 2.05) is 23.1 Å². The molecule has 29 heavy (non-hydrogen) atoms. The number of ether oxygens (including phenoxy) is 1. The van der Waals surface area contributed by atoms with Gasteiger partial charge in [-0.3, -0.25) is 9.69 Å². The summed E-state index contributed by atoms with van der Waals surface area (Å²) in [6, 6.07) is 19.0. The van der Waals surface area contributed by atoms with Gasteiger partial charge in [0.15, 0.2) is 0 Å². The van der Waals surface area contributed by atoms with Gasteiger partial charge in [-0.15, -0.1) is 0 Å². The van der Waals surface area contributed by atoms with Crippen molar-refractivity contribution in [3.05, 3.63) is 60.2 Å². The Bertz CT molecular complexity index is 753. The predicted octanol–water partition coefficient (Wildman–Crippen LogP) is 3.64. The molecule has 1 heterocycles. The molecule has 3 rings (SSSR count). The number of methoxy groups -OCH3 is 1. The molecule has 0 unspecified atom stereocenters. The minimum absolute atomic E-state index is 0.262. The molecule has 5 heteroatoms. The smallest absolute Gasteiger partial charge is 0.223 e. The van der Waals surface area contributed by atoms with Crippen LogP contribution >= 0.6 is 0 Å². The van der Waals surface area contributed by atoms with Gasteiger partial charge in [-0.1, -0.05) is 30.3 Å². The van der Waals surface area contributed by atoms with E-state index >= 15 is 0 Å². The summed E-state index contributed by atoms with van der Waals surface area (Å²) in [5.74, 6) is 1.13. The minimum atomic E-state index is 0.262. The lowest BCUT2D eigenvalue weighted by Crippen LogP contribution is -2.49. The number of carbonyl (C=O) groups is 1. The monoisotopic (exact) mass is 395 g/mol. The van der Waals surface area contributed by atoms with Crippen molar-refractivity contribution in [3.8, 4) is 5.75 Å². The van der Waals surface area contributed by atoms with Crippen molar-refractivity contribution in [2.75, 3.05) is 44.7 Å². The summed E-state index contributed by atoms with van der Waals surface area (Å²) < 4.78 is 5.23. The number of nitrogens with zero attached hydrogens (tertiary/aromatic N) is 3. The van der Waals surface area contributed by atoms with Crippen molar-refractivity contribution in [2.24, 2.45) is 0 Å². The summed E-state index contributed by atoms with van der Waals surface area (Å²) in [6.07, 6.45) is 0.577. The van der Waals surface area contributed by atoms with Crippen molar-refractivity contribution in [3.63, 3.8) is 0 Å². The van der Waals surface area contributed by atoms with Crippen LogP contribution in [0.25, 0.3) is 0 Å². The summed E-state index contributed by atoms with van der Waals surface area (Å²) >= 11 is 0. The SMILES string of the molecule is COc1ccc(N2CCN(C(=O)CCN(Cc3ccccc3)C(C)C)CC2)cc1. The molecule has 2 aromatic rings. The summed E-state index contributed by atoms with van der Waals surface area (Å²) in [5, 5.41) is 0. The van der Waals surface area contributed by atoms with E-state index in [2.05, 4.69) is 60.0 Å². The van der Waals surface area contributed by atoms with Crippen LogP contribution in [0, 0.1) is 0 Å². The van der Waals surface area contributed by atoms with E-state index < -0.39 is 0 Å². The molecule has 0 aromatic heterocycles. The highest BCUT2D eigenvalue weighted by Crippen LogP contribution is 2.20. The van der Waals surface area contributed by atoms with Gasteiger partial charge in [-0.25, -0.2) is 0 Å². The number of piperazine rings is 1. The third-order valence-electron chi connectivity index (χ3n) is 5.64. The number of anilines is 1. The van der Waals surface area contributed by atoms with Gasteiger partial charge >= 0.3 is 0 Å². The fourth-order valence-electron chi connectivity index (χ4n) is 3.74. The van der Waals surface area contributed by atoms with Gasteiger partial charge in [-0.2, -0.15) is 0 Å². The molecule has 0 bridgehead atoms. The van der Waals surface area contributed by atoms with E-state index in [9.17, 15) is 4.79 Å². The van der Waals surface area contributed by atoms with E-state index in [0.717, 1.165) is 45.0 Å². The van der Waals surface area contributed by atoms with Gasteiger partial charge in [0.1, 0.15) is 5.75 Å². The molecule has 0 spiro atoms. The van der Waals surface area contributed by atoms with Crippen LogP contribution in [0.2, 0.25) is 0 Å². The summed E-state index contributed by atoms with van der Waals surface area (Å²) in [4.78, 5) is 19.5. The summed E-state index contributed by atoms with van der Waals surface area (Å²) in [6.45, 7) is 9.38. The molecule has 0 N–H and O–H groups in total. The molecule has 1 saturated heterocycles. The first kappa shape index (κ1) is 21.2. The second-order valence-electron chi connectivity index (χ2n) is 7.87. The maximum absolute atomic E-state index is 12.8. The van der Waals surface area contributed by atoms with E-state index in [1.54, 1.807) is 7.11 Å². The quantitative estimate of drug-likeness (QED) is 0.684. The molecule has 0 radical (unpaired) electrons. The highest BCUT2D eigenvalue weighted by molar-refractivity contribution is 5.76. The number of carbonyl (C=O) groups excluding carboxylic acids is 1. The third kappa shape index (κ3) is 5.97. The lowest BCUT2D eigenvalue weighted by atomic mass is 10.1. The Hall–Kier alpha value is -2.53. The van der Waals surface area contributed by atoms with E-state index in [4.69, 9.17) is 4.74 Å². The Morgan fingerprint density at radius 3 is 2.24 bits per heavy atom. The zero-order valence-corrected chi connectivity index (χ0v) is 17.9. The molecule has 0 aliphatic carbocycles. The number of rotatable bonds is 8. The standard InChI is InChI=1S/C24H33N3O2/c1-20(2)27(19-21-7-5-4-6-8-21)14-13-24(28)26-17-15-25(16-18-26)22-9-11-23(29-3)12-10-22/h4-12,20H,13-19H2,1-3H3. The molecular formula is C24H33N3O2. The van der Waals surface area contributed by atoms with E-state index in [1.165, 1.54) is 11.3 Å². The van der Waals surface area contributed by atoms with Crippen LogP contribution in [-0.4, -0.2) is 61.6 Å². The van der Waals surface area contributed by atoms with Gasteiger partial charge < -0.3 is 14.5 Å². The average Bonchev–Trinajstić information content (AvgIpc) is 2.77. The Morgan fingerprint density at radius 1 is 1.00 bits per heavy atom. The van der Waals surface area contributed by atoms with Crippen molar-refractivity contribution < 1.29 is 9.53 Å². The van der Waals surface area contributed by atoms with Crippen LogP contribution in [0.4, 0.5) is 5.69 Å². The molecule has 5 nitrogen and oxygen atoms in total. The zero-order valence-electron chi connectivity index (χ0n) is 17.9. The van der Waals surface area contributed by atoms with Gasteiger partial charge in [0.05, 0.1) is 7.11 Å². The largest absolute Gasteiger partial charge is 0.497 e. The summed E-state index contributed by atoms with van der Waals surface area (Å²) in [5.41, 5.74) is 2.48. The average molecular weight is 396 g/mol. The minimum Gasteiger partial charge on any atom is -0.497 e. The molecule has 1 fully saturated rings. The fourth-order valence-corrected chi connectivity index (χ4v) is 3.74. The number of hydrogen-bond acceptors (Lipinski definition) is 4. The first-order valence-electron chi connectivity index (χ1n) is 10.5. The first-order valence-corrected chi connectivity index (χ1v) is 10.5. The number of benzene rings is 2. The van der Waals surface area contributed by atoms with Crippen LogP contribution in [0.3, 0.4) is 0 Å². The molecule has 0 saturated carbocycles. The molecule has 1 aliphatic rings. The molecule has 1 aliphatic heterocycles. The number of amides is 1. The fraction of sp³-hybridized carbons (Fsp3) is 0.458. The van der Waals surface area contributed by atoms with Crippen molar-refractivity contribution >= 4 is 11.6 Å². The normalized spacial score (nSPS) is 14.5. The van der Waals surface area contributed by atoms with E-state index in [0.29, 0.717) is 12.5 Å². The van der Waals surface area contributed by atoms with Crippen LogP contribution in [0.15, 0.2) is 54.6 Å². The van der Waals surface area contributed by atoms with Crippen molar-refractivity contribution in [1.82, 2.24) is 9.80 Å². The van der Waals surface area contributed by atoms with Crippen molar-refractivity contribution in [2.45, 2.75) is 32.9 Å². The van der Waals surface area contributed by atoms with Crippen molar-refractivity contribution in [1.29, 1.82) is 0 Å². The maximum atomic E-state index is 12.8. The van der Waals surface area contributed by atoms with Gasteiger partial charge in [-0.05, 0) is 43.7 Å². The third-order valence-corrected chi connectivity index (χ3v) is 5.64. The van der Waals surface area contributed by atoms with E-state index in [-0.39, 0.29) is 5.91 Å². The molecule has 0 atom stereocenters. The first-order chi connectivity index (χ1) is 14.1. The number of hydrogen-bond donors (Lipinski definition) is 0. The molecule has 2 aromatic carbocycles. The summed E-state index contributed by atoms with van der Waals surface area (Å²) in [7, 11) is 1.68. The maximum Gasteiger partial charge on any atom is 0.223 e. The lowest BCUT2D eigenvalue weighted by Gasteiger charge is -2.36. The van der Waals surface area contributed by atoms with Crippen LogP contribution in [0.1, 0.15) is 25.8 Å². The predicted molar refractivity (Wildman–Crippen MR) is 118 cm³/mol. The highest BCUT2D eigenvalue weighted by Gasteiger charge is 2.22. The Kier molecular flexibility index (Phi) is 7.53. The Balaban J connectivity index is 1.47. The van der Waals surface area contributed by atoms with Crippen LogP contribution in [-0.2, 0) is 11.3 Å². The van der Waals surface area contributed by atoms with Gasteiger partial charge in [0.2, 0.25) is 5.91 Å². The highest BCUT2D eigenvalue weighted by atomic mass is 16.5. The van der Waals surface area contributed by atoms with Gasteiger partial charge in [0, 0.05) is 57.4 Å². The Labute approximate surface area is 174 Å². The topological polar surface area (TPSA) is 36.0 Å².